The maximum Gasteiger partial charge on any atom is 0.0588 e. The maximum atomic E-state index is 9.36. The summed E-state index contributed by atoms with van der Waals surface area (Å²) in [5, 5.41) is 13.2. The Kier molecular flexibility index (Phi) is 4.72. The van der Waals surface area contributed by atoms with Crippen molar-refractivity contribution in [2.75, 3.05) is 17.6 Å². The quantitative estimate of drug-likeness (QED) is 0.679. The van der Waals surface area contributed by atoms with E-state index in [0.717, 1.165) is 12.1 Å². The Morgan fingerprint density at radius 3 is 2.93 bits per heavy atom. The Morgan fingerprint density at radius 2 is 2.27 bits per heavy atom. The molecule has 0 fully saturated rings. The lowest BCUT2D eigenvalue weighted by atomic mass is 10.2. The molecule has 0 spiro atoms. The van der Waals surface area contributed by atoms with Gasteiger partial charge in [0.25, 0.3) is 0 Å². The van der Waals surface area contributed by atoms with Crippen LogP contribution in [0.5, 0.6) is 0 Å². The summed E-state index contributed by atoms with van der Waals surface area (Å²) in [6, 6.07) is 5.30. The Hall–Kier alpha value is -0.930. The average Bonchev–Trinajstić information content (AvgIpc) is 2.23. The third-order valence-corrected chi connectivity index (χ3v) is 2.51. The zero-order valence-corrected chi connectivity index (χ0v) is 9.59. The van der Waals surface area contributed by atoms with E-state index in [1.165, 1.54) is 0 Å². The fourth-order valence-electron chi connectivity index (χ4n) is 1.26. The van der Waals surface area contributed by atoms with Crippen molar-refractivity contribution in [3.63, 3.8) is 0 Å². The summed E-state index contributed by atoms with van der Waals surface area (Å²) in [7, 11) is 0. The van der Waals surface area contributed by atoms with Crippen LogP contribution in [-0.2, 0) is 0 Å². The van der Waals surface area contributed by atoms with Crippen molar-refractivity contribution < 1.29 is 5.11 Å². The number of hydrogen-bond acceptors (Lipinski definition) is 3. The topological polar surface area (TPSA) is 58.3 Å². The molecule has 0 aliphatic carbocycles. The molecule has 1 rings (SSSR count). The first-order chi connectivity index (χ1) is 7.13. The number of benzene rings is 1. The molecule has 0 bridgehead atoms. The van der Waals surface area contributed by atoms with Crippen LogP contribution in [0.2, 0.25) is 5.02 Å². The van der Waals surface area contributed by atoms with Gasteiger partial charge in [-0.2, -0.15) is 0 Å². The minimum absolute atomic E-state index is 0.252. The van der Waals surface area contributed by atoms with E-state index in [0.29, 0.717) is 23.7 Å². The number of aliphatic hydroxyl groups excluding tert-OH is 1. The highest BCUT2D eigenvalue weighted by atomic mass is 35.5. The zero-order chi connectivity index (χ0) is 11.3. The summed E-state index contributed by atoms with van der Waals surface area (Å²) in [6.07, 6.45) is 1.23. The number of anilines is 2. The normalized spacial score (nSPS) is 12.5. The molecule has 1 atom stereocenters. The number of rotatable bonds is 5. The molecule has 0 aromatic heterocycles. The van der Waals surface area contributed by atoms with Gasteiger partial charge < -0.3 is 16.2 Å². The Bertz CT molecular complexity index is 317. The Morgan fingerprint density at radius 1 is 1.53 bits per heavy atom. The summed E-state index contributed by atoms with van der Waals surface area (Å²) >= 11 is 5.84. The van der Waals surface area contributed by atoms with E-state index in [1.54, 1.807) is 18.2 Å². The van der Waals surface area contributed by atoms with E-state index < -0.39 is 0 Å². The average molecular weight is 229 g/mol. The fraction of sp³-hybridized carbons (Fsp3) is 0.455. The largest absolute Gasteiger partial charge is 0.397 e. The highest BCUT2D eigenvalue weighted by Crippen LogP contribution is 2.22. The molecule has 1 aromatic rings. The van der Waals surface area contributed by atoms with E-state index in [2.05, 4.69) is 5.32 Å². The molecule has 0 amide bonds. The molecule has 0 heterocycles. The Labute approximate surface area is 95.2 Å². The lowest BCUT2D eigenvalue weighted by molar-refractivity contribution is 0.164. The number of hydrogen-bond donors (Lipinski definition) is 3. The molecule has 84 valence electrons. The van der Waals surface area contributed by atoms with Gasteiger partial charge in [0, 0.05) is 11.6 Å². The molecule has 4 heteroatoms. The van der Waals surface area contributed by atoms with E-state index >= 15 is 0 Å². The number of nitrogens with two attached hydrogens (primary N) is 1. The third-order valence-electron chi connectivity index (χ3n) is 2.28. The van der Waals surface area contributed by atoms with Crippen LogP contribution in [0.25, 0.3) is 0 Å². The highest BCUT2D eigenvalue weighted by Gasteiger charge is 2.02. The number of nitrogen functional groups attached to an aromatic ring is 1. The number of aliphatic hydroxyl groups is 1. The summed E-state index contributed by atoms with van der Waals surface area (Å²) in [5.41, 5.74) is 7.25. The SMILES string of the molecule is CCC(O)CCNc1cc(Cl)ccc1N. The predicted octanol–water partition coefficient (Wildman–Crippen LogP) is 2.50. The van der Waals surface area contributed by atoms with Gasteiger partial charge in [-0.05, 0) is 31.0 Å². The van der Waals surface area contributed by atoms with E-state index in [-0.39, 0.29) is 6.10 Å². The van der Waals surface area contributed by atoms with E-state index in [1.807, 2.05) is 6.92 Å². The van der Waals surface area contributed by atoms with Gasteiger partial charge in [0.05, 0.1) is 17.5 Å². The van der Waals surface area contributed by atoms with Crippen LogP contribution in [0.4, 0.5) is 11.4 Å². The van der Waals surface area contributed by atoms with Gasteiger partial charge in [0.2, 0.25) is 0 Å². The van der Waals surface area contributed by atoms with Gasteiger partial charge in [-0.15, -0.1) is 0 Å². The predicted molar refractivity (Wildman–Crippen MR) is 65.3 cm³/mol. The maximum absolute atomic E-state index is 9.36. The van der Waals surface area contributed by atoms with E-state index in [9.17, 15) is 5.11 Å². The molecule has 4 N–H and O–H groups in total. The zero-order valence-electron chi connectivity index (χ0n) is 8.83. The van der Waals surface area contributed by atoms with Crippen molar-refractivity contribution in [3.05, 3.63) is 23.2 Å². The number of nitrogens with one attached hydrogen (secondary N) is 1. The van der Waals surface area contributed by atoms with Crippen LogP contribution >= 0.6 is 11.6 Å². The lowest BCUT2D eigenvalue weighted by Gasteiger charge is -2.11. The molecule has 1 unspecified atom stereocenters. The first-order valence-electron chi connectivity index (χ1n) is 5.10. The first kappa shape index (κ1) is 12.1. The van der Waals surface area contributed by atoms with Crippen LogP contribution < -0.4 is 11.1 Å². The van der Waals surface area contributed by atoms with Gasteiger partial charge in [0.1, 0.15) is 0 Å². The molecule has 0 aliphatic rings. The van der Waals surface area contributed by atoms with Gasteiger partial charge in [0.15, 0.2) is 0 Å². The van der Waals surface area contributed by atoms with E-state index in [4.69, 9.17) is 17.3 Å². The molecule has 0 aliphatic heterocycles. The standard InChI is InChI=1S/C11H17ClN2O/c1-2-9(15)5-6-14-11-7-8(12)3-4-10(11)13/h3-4,7,9,14-15H,2,5-6,13H2,1H3. The van der Waals surface area contributed by atoms with Crippen LogP contribution in [0.1, 0.15) is 19.8 Å². The molecule has 0 radical (unpaired) electrons. The highest BCUT2D eigenvalue weighted by molar-refractivity contribution is 6.31. The molecular weight excluding hydrogens is 212 g/mol. The second-order valence-electron chi connectivity index (χ2n) is 3.51. The van der Waals surface area contributed by atoms with Gasteiger partial charge >= 0.3 is 0 Å². The molecule has 0 saturated heterocycles. The molecule has 1 aromatic carbocycles. The van der Waals surface area contributed by atoms with Crippen molar-refractivity contribution in [2.24, 2.45) is 0 Å². The second kappa shape index (κ2) is 5.83. The van der Waals surface area contributed by atoms with Crippen LogP contribution in [0.15, 0.2) is 18.2 Å². The second-order valence-corrected chi connectivity index (χ2v) is 3.95. The molecule has 3 nitrogen and oxygen atoms in total. The summed E-state index contributed by atoms with van der Waals surface area (Å²) < 4.78 is 0. The fourth-order valence-corrected chi connectivity index (χ4v) is 1.43. The van der Waals surface area contributed by atoms with Crippen LogP contribution in [-0.4, -0.2) is 17.8 Å². The van der Waals surface area contributed by atoms with Crippen molar-refractivity contribution in [3.8, 4) is 0 Å². The van der Waals surface area contributed by atoms with Crippen LogP contribution in [0, 0.1) is 0 Å². The Balaban J connectivity index is 2.46. The summed E-state index contributed by atoms with van der Waals surface area (Å²) in [4.78, 5) is 0. The lowest BCUT2D eigenvalue weighted by Crippen LogP contribution is -2.12. The summed E-state index contributed by atoms with van der Waals surface area (Å²) in [6.45, 7) is 2.65. The van der Waals surface area contributed by atoms with Gasteiger partial charge in [-0.25, -0.2) is 0 Å². The van der Waals surface area contributed by atoms with Crippen molar-refractivity contribution in [2.45, 2.75) is 25.9 Å². The van der Waals surface area contributed by atoms with Gasteiger partial charge in [-0.1, -0.05) is 18.5 Å². The smallest absolute Gasteiger partial charge is 0.0588 e. The van der Waals surface area contributed by atoms with Crippen molar-refractivity contribution in [1.29, 1.82) is 0 Å². The van der Waals surface area contributed by atoms with Crippen molar-refractivity contribution in [1.82, 2.24) is 0 Å². The third kappa shape index (κ3) is 3.98. The van der Waals surface area contributed by atoms with Crippen molar-refractivity contribution >= 4 is 23.0 Å². The monoisotopic (exact) mass is 228 g/mol. The number of halogens is 1. The minimum Gasteiger partial charge on any atom is -0.397 e. The molecule has 0 saturated carbocycles. The molecule has 15 heavy (non-hydrogen) atoms. The molecular formula is C11H17ClN2O. The summed E-state index contributed by atoms with van der Waals surface area (Å²) in [5.74, 6) is 0. The minimum atomic E-state index is -0.252. The first-order valence-corrected chi connectivity index (χ1v) is 5.48. The van der Waals surface area contributed by atoms with Gasteiger partial charge in [-0.3, -0.25) is 0 Å². The van der Waals surface area contributed by atoms with Crippen LogP contribution in [0.3, 0.4) is 0 Å².